The summed E-state index contributed by atoms with van der Waals surface area (Å²) in [6, 6.07) is 11.9. The van der Waals surface area contributed by atoms with Gasteiger partial charge in [0, 0.05) is 11.3 Å². The van der Waals surface area contributed by atoms with Gasteiger partial charge in [0.2, 0.25) is 0 Å². The highest BCUT2D eigenvalue weighted by Gasteiger charge is 2.47. The smallest absolute Gasteiger partial charge is 0.300 e. The standard InChI is InChI=1S/C25H17Cl3FNO5/c1-34-15-5-3-4-12(8-15)21-20(22(31)13-9-17(27)24(35-2)18(28)10-13)23(32)25(33)30(21)14-6-7-19(29)16(26)11-14/h3-11,21,31H,1-2H3/b22-20+. The summed E-state index contributed by atoms with van der Waals surface area (Å²) in [6.07, 6.45) is 0. The van der Waals surface area contributed by atoms with E-state index in [2.05, 4.69) is 0 Å². The summed E-state index contributed by atoms with van der Waals surface area (Å²) in [5, 5.41) is 11.2. The first kappa shape index (κ1) is 24.9. The van der Waals surface area contributed by atoms with Crippen LogP contribution in [0.3, 0.4) is 0 Å². The van der Waals surface area contributed by atoms with E-state index in [9.17, 15) is 19.1 Å². The third-order valence-corrected chi connectivity index (χ3v) is 6.36. The summed E-state index contributed by atoms with van der Waals surface area (Å²) in [4.78, 5) is 27.6. The Morgan fingerprint density at radius 3 is 2.23 bits per heavy atom. The van der Waals surface area contributed by atoms with Crippen LogP contribution in [0.4, 0.5) is 10.1 Å². The summed E-state index contributed by atoms with van der Waals surface area (Å²) in [7, 11) is 2.85. The van der Waals surface area contributed by atoms with Crippen LogP contribution in [0.2, 0.25) is 15.1 Å². The van der Waals surface area contributed by atoms with E-state index < -0.39 is 29.3 Å². The summed E-state index contributed by atoms with van der Waals surface area (Å²) >= 11 is 18.4. The Hall–Kier alpha value is -3.26. The molecule has 1 amide bonds. The summed E-state index contributed by atoms with van der Waals surface area (Å²) in [5.74, 6) is -2.44. The third kappa shape index (κ3) is 4.43. The van der Waals surface area contributed by atoms with Crippen LogP contribution in [0.5, 0.6) is 11.5 Å². The van der Waals surface area contributed by atoms with Gasteiger partial charge in [-0.3, -0.25) is 14.5 Å². The lowest BCUT2D eigenvalue weighted by atomic mass is 9.95. The quantitative estimate of drug-likeness (QED) is 0.231. The number of carbonyl (C=O) groups is 2. The lowest BCUT2D eigenvalue weighted by molar-refractivity contribution is -0.132. The van der Waals surface area contributed by atoms with Gasteiger partial charge in [-0.1, -0.05) is 46.9 Å². The second kappa shape index (κ2) is 9.77. The molecule has 1 heterocycles. The number of Topliss-reactive ketones (excluding diaryl/α,β-unsaturated/α-hetero) is 1. The Balaban J connectivity index is 1.98. The molecule has 0 radical (unpaired) electrons. The van der Waals surface area contributed by atoms with Crippen molar-refractivity contribution in [2.75, 3.05) is 19.1 Å². The van der Waals surface area contributed by atoms with Gasteiger partial charge < -0.3 is 14.6 Å². The molecule has 1 aliphatic heterocycles. The van der Waals surface area contributed by atoms with Crippen LogP contribution in [0.15, 0.2) is 60.2 Å². The Morgan fingerprint density at radius 2 is 1.63 bits per heavy atom. The van der Waals surface area contributed by atoms with Crippen LogP contribution in [0.25, 0.3) is 5.76 Å². The second-order valence-corrected chi connectivity index (χ2v) is 8.74. The van der Waals surface area contributed by atoms with E-state index in [1.165, 1.54) is 38.5 Å². The number of hydrogen-bond acceptors (Lipinski definition) is 5. The Morgan fingerprint density at radius 1 is 0.943 bits per heavy atom. The normalized spacial score (nSPS) is 17.1. The first-order chi connectivity index (χ1) is 16.7. The lowest BCUT2D eigenvalue weighted by Crippen LogP contribution is -2.29. The number of anilines is 1. The summed E-state index contributed by atoms with van der Waals surface area (Å²) < 4.78 is 24.3. The zero-order chi connectivity index (χ0) is 25.4. The van der Waals surface area contributed by atoms with Crippen LogP contribution in [0.1, 0.15) is 17.2 Å². The fraction of sp³-hybridized carbons (Fsp3) is 0.120. The predicted molar refractivity (Wildman–Crippen MR) is 132 cm³/mol. The highest BCUT2D eigenvalue weighted by molar-refractivity contribution is 6.52. The van der Waals surface area contributed by atoms with Gasteiger partial charge in [0.25, 0.3) is 11.7 Å². The largest absolute Gasteiger partial charge is 0.507 e. The average molecular weight is 537 g/mol. The SMILES string of the molecule is COc1cccc(C2/C(=C(\O)c3cc(Cl)c(OC)c(Cl)c3)C(=O)C(=O)N2c2ccc(F)c(Cl)c2)c1. The number of carbonyl (C=O) groups excluding carboxylic acids is 2. The maximum Gasteiger partial charge on any atom is 0.300 e. The molecule has 0 spiro atoms. The van der Waals surface area contributed by atoms with Gasteiger partial charge in [0.05, 0.1) is 40.9 Å². The van der Waals surface area contributed by atoms with E-state index in [4.69, 9.17) is 44.3 Å². The summed E-state index contributed by atoms with van der Waals surface area (Å²) in [6.45, 7) is 0. The molecule has 0 aliphatic carbocycles. The molecule has 10 heteroatoms. The van der Waals surface area contributed by atoms with Gasteiger partial charge in [0.1, 0.15) is 17.3 Å². The maximum absolute atomic E-state index is 13.8. The van der Waals surface area contributed by atoms with Gasteiger partial charge in [0.15, 0.2) is 5.75 Å². The Bertz CT molecular complexity index is 1370. The fourth-order valence-corrected chi connectivity index (χ4v) is 4.72. The number of ether oxygens (including phenoxy) is 2. The van der Waals surface area contributed by atoms with Crippen molar-refractivity contribution in [2.45, 2.75) is 6.04 Å². The number of halogens is 4. The van der Waals surface area contributed by atoms with Crippen molar-refractivity contribution in [1.29, 1.82) is 0 Å². The number of rotatable bonds is 5. The minimum Gasteiger partial charge on any atom is -0.507 e. The molecule has 4 rings (SSSR count). The molecular weight excluding hydrogens is 520 g/mol. The first-order valence-electron chi connectivity index (χ1n) is 10.1. The molecule has 1 atom stereocenters. The van der Waals surface area contributed by atoms with Crippen LogP contribution in [0, 0.1) is 5.82 Å². The number of aliphatic hydroxyl groups is 1. The van der Waals surface area contributed by atoms with Crippen molar-refractivity contribution in [2.24, 2.45) is 0 Å². The number of methoxy groups -OCH3 is 2. The van der Waals surface area contributed by atoms with E-state index in [1.54, 1.807) is 24.3 Å². The number of ketones is 1. The molecule has 1 saturated heterocycles. The third-order valence-electron chi connectivity index (χ3n) is 5.51. The van der Waals surface area contributed by atoms with Crippen LogP contribution in [-0.4, -0.2) is 31.0 Å². The molecule has 1 unspecified atom stereocenters. The van der Waals surface area contributed by atoms with Crippen LogP contribution >= 0.6 is 34.8 Å². The van der Waals surface area contributed by atoms with Crippen molar-refractivity contribution in [3.8, 4) is 11.5 Å². The first-order valence-corrected chi connectivity index (χ1v) is 11.2. The molecule has 3 aromatic carbocycles. The van der Waals surface area contributed by atoms with E-state index >= 15 is 0 Å². The highest BCUT2D eigenvalue weighted by Crippen LogP contribution is 2.44. The minimum atomic E-state index is -1.09. The second-order valence-electron chi connectivity index (χ2n) is 7.52. The molecule has 180 valence electrons. The number of nitrogens with zero attached hydrogens (tertiary/aromatic N) is 1. The van der Waals surface area contributed by atoms with Crippen molar-refractivity contribution in [3.63, 3.8) is 0 Å². The van der Waals surface area contributed by atoms with Crippen molar-refractivity contribution in [1.82, 2.24) is 0 Å². The van der Waals surface area contributed by atoms with Crippen LogP contribution < -0.4 is 14.4 Å². The van der Waals surface area contributed by atoms with Crippen LogP contribution in [-0.2, 0) is 9.59 Å². The highest BCUT2D eigenvalue weighted by atomic mass is 35.5. The molecule has 3 aromatic rings. The molecule has 35 heavy (non-hydrogen) atoms. The van der Waals surface area contributed by atoms with Crippen molar-refractivity contribution in [3.05, 3.63) is 92.2 Å². The Kier molecular flexibility index (Phi) is 6.94. The Labute approximate surface area is 215 Å². The van der Waals surface area contributed by atoms with Gasteiger partial charge in [-0.2, -0.15) is 0 Å². The van der Waals surface area contributed by atoms with E-state index in [-0.39, 0.29) is 37.6 Å². The number of aliphatic hydroxyl groups excluding tert-OH is 1. The van der Waals surface area contributed by atoms with Gasteiger partial charge >= 0.3 is 0 Å². The number of hydrogen-bond donors (Lipinski definition) is 1. The molecule has 1 aliphatic rings. The van der Waals surface area contributed by atoms with Gasteiger partial charge in [-0.25, -0.2) is 4.39 Å². The molecule has 1 N–H and O–H groups in total. The molecule has 6 nitrogen and oxygen atoms in total. The predicted octanol–water partition coefficient (Wildman–Crippen LogP) is 6.43. The van der Waals surface area contributed by atoms with Crippen molar-refractivity contribution < 1.29 is 28.6 Å². The molecular formula is C25H17Cl3FNO5. The van der Waals surface area contributed by atoms with E-state index in [1.807, 2.05) is 0 Å². The van der Waals surface area contributed by atoms with Gasteiger partial charge in [-0.15, -0.1) is 0 Å². The van der Waals surface area contributed by atoms with E-state index in [0.717, 1.165) is 11.0 Å². The minimum absolute atomic E-state index is 0.0963. The summed E-state index contributed by atoms with van der Waals surface area (Å²) in [5.41, 5.74) is 0.497. The van der Waals surface area contributed by atoms with Crippen molar-refractivity contribution >= 4 is 57.9 Å². The zero-order valence-corrected chi connectivity index (χ0v) is 20.6. The fourth-order valence-electron chi connectivity index (χ4n) is 3.91. The molecule has 1 fully saturated rings. The number of benzene rings is 3. The zero-order valence-electron chi connectivity index (χ0n) is 18.3. The monoisotopic (exact) mass is 535 g/mol. The number of amides is 1. The molecule has 0 bridgehead atoms. The van der Waals surface area contributed by atoms with E-state index in [0.29, 0.717) is 11.3 Å². The lowest BCUT2D eigenvalue weighted by Gasteiger charge is -2.26. The topological polar surface area (TPSA) is 76.1 Å². The van der Waals surface area contributed by atoms with Gasteiger partial charge in [-0.05, 0) is 48.0 Å². The average Bonchev–Trinajstić information content (AvgIpc) is 3.10. The molecule has 0 aromatic heterocycles. The molecule has 0 saturated carbocycles. The maximum atomic E-state index is 13.8.